The Morgan fingerprint density at radius 1 is 1.29 bits per heavy atom. The molecule has 4 heteroatoms. The molecule has 90 valence electrons. The van der Waals surface area contributed by atoms with Gasteiger partial charge in [0, 0.05) is 23.4 Å². The predicted molar refractivity (Wildman–Crippen MR) is 70.0 cm³/mol. The Balaban J connectivity index is 1.96. The molecule has 1 atom stereocenters. The zero-order valence-corrected chi connectivity index (χ0v) is 10.6. The molecule has 0 saturated carbocycles. The Bertz CT molecular complexity index is 455. The molecule has 2 aromatic rings. The number of benzene rings is 1. The van der Waals surface area contributed by atoms with Crippen LogP contribution in [0.3, 0.4) is 0 Å². The molecule has 1 aromatic carbocycles. The van der Waals surface area contributed by atoms with Gasteiger partial charge in [0.25, 0.3) is 0 Å². The summed E-state index contributed by atoms with van der Waals surface area (Å²) in [4.78, 5) is 1.18. The van der Waals surface area contributed by atoms with E-state index in [9.17, 15) is 5.11 Å². The van der Waals surface area contributed by atoms with Crippen molar-refractivity contribution >= 4 is 11.8 Å². The molecule has 0 saturated heterocycles. The Kier molecular flexibility index (Phi) is 4.23. The van der Waals surface area contributed by atoms with Crippen LogP contribution in [-0.4, -0.2) is 20.6 Å². The van der Waals surface area contributed by atoms with Crippen LogP contribution in [0.5, 0.6) is 0 Å². The number of aryl methyl sites for hydroxylation is 1. The fourth-order valence-corrected chi connectivity index (χ4v) is 2.54. The lowest BCUT2D eigenvalue weighted by Crippen LogP contribution is -2.09. The van der Waals surface area contributed by atoms with Crippen LogP contribution in [0.4, 0.5) is 0 Å². The number of aromatic nitrogens is 2. The second-order valence-electron chi connectivity index (χ2n) is 3.71. The number of hydrogen-bond donors (Lipinski definition) is 1. The van der Waals surface area contributed by atoms with Crippen LogP contribution in [0.25, 0.3) is 0 Å². The highest BCUT2D eigenvalue weighted by atomic mass is 32.2. The van der Waals surface area contributed by atoms with Crippen LogP contribution < -0.4 is 0 Å². The SMILES string of the molecule is CCn1nccc1C(O)CSc1ccccc1. The van der Waals surface area contributed by atoms with Crippen molar-refractivity contribution in [1.29, 1.82) is 0 Å². The van der Waals surface area contributed by atoms with Crippen LogP contribution >= 0.6 is 11.8 Å². The van der Waals surface area contributed by atoms with Crippen molar-refractivity contribution < 1.29 is 5.11 Å². The quantitative estimate of drug-likeness (QED) is 0.827. The molecule has 0 bridgehead atoms. The molecule has 1 aromatic heterocycles. The molecule has 0 aliphatic rings. The van der Waals surface area contributed by atoms with E-state index in [1.165, 1.54) is 4.90 Å². The Morgan fingerprint density at radius 3 is 2.76 bits per heavy atom. The van der Waals surface area contributed by atoms with E-state index in [4.69, 9.17) is 0 Å². The zero-order valence-electron chi connectivity index (χ0n) is 9.78. The third-order valence-electron chi connectivity index (χ3n) is 2.54. The molecule has 3 nitrogen and oxygen atoms in total. The molecule has 1 heterocycles. The summed E-state index contributed by atoms with van der Waals surface area (Å²) < 4.78 is 1.83. The molecular weight excluding hydrogens is 232 g/mol. The van der Waals surface area contributed by atoms with Gasteiger partial charge in [-0.1, -0.05) is 18.2 Å². The Morgan fingerprint density at radius 2 is 2.06 bits per heavy atom. The summed E-state index contributed by atoms with van der Waals surface area (Å²) in [5, 5.41) is 14.3. The fourth-order valence-electron chi connectivity index (χ4n) is 1.67. The first-order chi connectivity index (χ1) is 8.31. The summed E-state index contributed by atoms with van der Waals surface area (Å²) in [6, 6.07) is 12.0. The number of nitrogens with zero attached hydrogens (tertiary/aromatic N) is 2. The van der Waals surface area contributed by atoms with Gasteiger partial charge in [-0.05, 0) is 25.1 Å². The molecular formula is C13H16N2OS. The Hall–Kier alpha value is -1.26. The van der Waals surface area contributed by atoms with Crippen LogP contribution in [0, 0.1) is 0 Å². The normalized spacial score (nSPS) is 12.6. The first-order valence-electron chi connectivity index (χ1n) is 5.69. The van der Waals surface area contributed by atoms with E-state index in [-0.39, 0.29) is 0 Å². The first-order valence-corrected chi connectivity index (χ1v) is 6.67. The highest BCUT2D eigenvalue weighted by Crippen LogP contribution is 2.24. The minimum atomic E-state index is -0.470. The van der Waals surface area contributed by atoms with Gasteiger partial charge < -0.3 is 5.11 Å². The summed E-state index contributed by atoms with van der Waals surface area (Å²) >= 11 is 1.65. The lowest BCUT2D eigenvalue weighted by atomic mass is 10.3. The first kappa shape index (κ1) is 12.2. The molecule has 0 spiro atoms. The predicted octanol–water partition coefficient (Wildman–Crippen LogP) is 2.73. The molecule has 0 aliphatic carbocycles. The molecule has 0 aliphatic heterocycles. The van der Waals surface area contributed by atoms with Crippen molar-refractivity contribution in [2.75, 3.05) is 5.75 Å². The van der Waals surface area contributed by atoms with Crippen LogP contribution in [0.1, 0.15) is 18.7 Å². The van der Waals surface area contributed by atoms with Crippen molar-refractivity contribution in [2.45, 2.75) is 24.5 Å². The van der Waals surface area contributed by atoms with Crippen molar-refractivity contribution in [3.63, 3.8) is 0 Å². The third-order valence-corrected chi connectivity index (χ3v) is 3.63. The lowest BCUT2D eigenvalue weighted by molar-refractivity contribution is 0.192. The lowest BCUT2D eigenvalue weighted by Gasteiger charge is -2.11. The zero-order chi connectivity index (χ0) is 12.1. The topological polar surface area (TPSA) is 38.0 Å². The van der Waals surface area contributed by atoms with E-state index in [0.29, 0.717) is 5.75 Å². The maximum Gasteiger partial charge on any atom is 0.105 e. The van der Waals surface area contributed by atoms with E-state index in [1.54, 1.807) is 18.0 Å². The number of rotatable bonds is 5. The highest BCUT2D eigenvalue weighted by molar-refractivity contribution is 7.99. The summed E-state index contributed by atoms with van der Waals surface area (Å²) in [6.07, 6.45) is 1.26. The molecule has 17 heavy (non-hydrogen) atoms. The van der Waals surface area contributed by atoms with Gasteiger partial charge in [-0.15, -0.1) is 11.8 Å². The Labute approximate surface area is 105 Å². The van der Waals surface area contributed by atoms with Gasteiger partial charge in [-0.2, -0.15) is 5.10 Å². The maximum atomic E-state index is 10.1. The highest BCUT2D eigenvalue weighted by Gasteiger charge is 2.12. The van der Waals surface area contributed by atoms with E-state index < -0.39 is 6.10 Å². The van der Waals surface area contributed by atoms with Crippen molar-refractivity contribution in [3.8, 4) is 0 Å². The van der Waals surface area contributed by atoms with E-state index in [0.717, 1.165) is 12.2 Å². The third kappa shape index (κ3) is 3.11. The number of aliphatic hydroxyl groups is 1. The maximum absolute atomic E-state index is 10.1. The second kappa shape index (κ2) is 5.89. The van der Waals surface area contributed by atoms with Gasteiger partial charge in [0.15, 0.2) is 0 Å². The van der Waals surface area contributed by atoms with Gasteiger partial charge in [0.1, 0.15) is 6.10 Å². The van der Waals surface area contributed by atoms with Gasteiger partial charge in [-0.3, -0.25) is 4.68 Å². The number of thioether (sulfide) groups is 1. The number of hydrogen-bond acceptors (Lipinski definition) is 3. The van der Waals surface area contributed by atoms with Gasteiger partial charge >= 0.3 is 0 Å². The standard InChI is InChI=1S/C13H16N2OS/c1-2-15-12(8-9-14-15)13(16)10-17-11-6-4-3-5-7-11/h3-9,13,16H,2,10H2,1H3. The smallest absolute Gasteiger partial charge is 0.105 e. The monoisotopic (exact) mass is 248 g/mol. The van der Waals surface area contributed by atoms with Crippen LogP contribution in [-0.2, 0) is 6.54 Å². The average molecular weight is 248 g/mol. The van der Waals surface area contributed by atoms with Gasteiger partial charge in [0.2, 0.25) is 0 Å². The molecule has 0 fully saturated rings. The molecule has 0 radical (unpaired) electrons. The molecule has 1 N–H and O–H groups in total. The van der Waals surface area contributed by atoms with Gasteiger partial charge in [0.05, 0.1) is 5.69 Å². The van der Waals surface area contributed by atoms with E-state index in [2.05, 4.69) is 17.2 Å². The molecule has 0 amide bonds. The largest absolute Gasteiger partial charge is 0.386 e. The molecule has 1 unspecified atom stereocenters. The molecule has 2 rings (SSSR count). The number of aliphatic hydroxyl groups excluding tert-OH is 1. The van der Waals surface area contributed by atoms with E-state index >= 15 is 0 Å². The summed E-state index contributed by atoms with van der Waals surface area (Å²) in [5.41, 5.74) is 0.885. The summed E-state index contributed by atoms with van der Waals surface area (Å²) in [5.74, 6) is 0.649. The van der Waals surface area contributed by atoms with Crippen molar-refractivity contribution in [1.82, 2.24) is 9.78 Å². The van der Waals surface area contributed by atoms with Gasteiger partial charge in [-0.25, -0.2) is 0 Å². The van der Waals surface area contributed by atoms with Crippen molar-refractivity contribution in [2.24, 2.45) is 0 Å². The minimum absolute atomic E-state index is 0.470. The average Bonchev–Trinajstić information content (AvgIpc) is 2.85. The summed E-state index contributed by atoms with van der Waals surface area (Å²) in [7, 11) is 0. The van der Waals surface area contributed by atoms with E-state index in [1.807, 2.05) is 35.9 Å². The minimum Gasteiger partial charge on any atom is -0.386 e. The fraction of sp³-hybridized carbons (Fsp3) is 0.308. The summed E-state index contributed by atoms with van der Waals surface area (Å²) in [6.45, 7) is 2.81. The van der Waals surface area contributed by atoms with Crippen molar-refractivity contribution in [3.05, 3.63) is 48.3 Å². The van der Waals surface area contributed by atoms with Crippen LogP contribution in [0.15, 0.2) is 47.5 Å². The van der Waals surface area contributed by atoms with Crippen LogP contribution in [0.2, 0.25) is 0 Å². The second-order valence-corrected chi connectivity index (χ2v) is 4.81.